The van der Waals surface area contributed by atoms with Gasteiger partial charge in [-0.25, -0.2) is 0 Å². The lowest BCUT2D eigenvalue weighted by Gasteiger charge is -2.56. The van der Waals surface area contributed by atoms with Crippen molar-refractivity contribution in [2.75, 3.05) is 13.2 Å². The topological polar surface area (TPSA) is 56.6 Å². The molecule has 4 aliphatic carbocycles. The summed E-state index contributed by atoms with van der Waals surface area (Å²) in [7, 11) is 0. The van der Waals surface area contributed by atoms with Crippen LogP contribution in [0.5, 0.6) is 0 Å². The number of hydrogen-bond acceptors (Lipinski definition) is 2. The summed E-state index contributed by atoms with van der Waals surface area (Å²) in [4.78, 5) is 10.5. The molecule has 24 heavy (non-hydrogen) atoms. The fourth-order valence-corrected chi connectivity index (χ4v) is 6.84. The largest absolute Gasteiger partial charge is 0.373 e. The first kappa shape index (κ1) is 16.8. The number of ketones is 1. The third kappa shape index (κ3) is 2.34. The summed E-state index contributed by atoms with van der Waals surface area (Å²) in [5.41, 5.74) is 7.73. The van der Waals surface area contributed by atoms with Gasteiger partial charge in [0.25, 0.3) is 5.78 Å². The molecule has 0 bridgehead atoms. The Balaban J connectivity index is 1.58. The van der Waals surface area contributed by atoms with E-state index in [1.54, 1.807) is 5.57 Å². The summed E-state index contributed by atoms with van der Waals surface area (Å²) in [6.07, 6.45) is 12.3. The van der Waals surface area contributed by atoms with Gasteiger partial charge in [0.15, 0.2) is 0 Å². The SMILES string of the molecule is C[C@]12CC[C@H](OCCN)C=C1CCC1C2CC[C@]2(C)C(=[OH+])CCC12. The highest BCUT2D eigenvalue weighted by molar-refractivity contribution is 5.88. The van der Waals surface area contributed by atoms with E-state index in [1.807, 2.05) is 0 Å². The van der Waals surface area contributed by atoms with Crippen molar-refractivity contribution in [3.8, 4) is 0 Å². The maximum Gasteiger partial charge on any atom is 0.299 e. The molecule has 3 N–H and O–H groups in total. The number of rotatable bonds is 3. The molecule has 3 fully saturated rings. The van der Waals surface area contributed by atoms with Crippen LogP contribution in [0.1, 0.15) is 65.2 Å². The van der Waals surface area contributed by atoms with E-state index in [0.717, 1.165) is 30.5 Å². The molecule has 0 amide bonds. The first-order chi connectivity index (χ1) is 11.5. The highest BCUT2D eigenvalue weighted by Crippen LogP contribution is 2.64. The van der Waals surface area contributed by atoms with Gasteiger partial charge in [-0.05, 0) is 75.0 Å². The van der Waals surface area contributed by atoms with Crippen LogP contribution in [0.15, 0.2) is 11.6 Å². The zero-order valence-corrected chi connectivity index (χ0v) is 15.4. The molecule has 6 atom stereocenters. The molecule has 0 aromatic heterocycles. The fourth-order valence-electron chi connectivity index (χ4n) is 6.84. The first-order valence-electron chi connectivity index (χ1n) is 10.1. The quantitative estimate of drug-likeness (QED) is 0.630. The van der Waals surface area contributed by atoms with Crippen LogP contribution >= 0.6 is 0 Å². The summed E-state index contributed by atoms with van der Waals surface area (Å²) in [5.74, 6) is 3.12. The Morgan fingerprint density at radius 2 is 1.83 bits per heavy atom. The fraction of sp³-hybridized carbons (Fsp3) is 0.857. The van der Waals surface area contributed by atoms with Crippen LogP contribution in [0.2, 0.25) is 0 Å². The van der Waals surface area contributed by atoms with Crippen LogP contribution in [-0.2, 0) is 4.74 Å². The molecule has 0 saturated heterocycles. The number of hydrogen-bond donors (Lipinski definition) is 1. The summed E-state index contributed by atoms with van der Waals surface area (Å²) < 4.78 is 5.92. The van der Waals surface area contributed by atoms with Crippen molar-refractivity contribution in [2.45, 2.75) is 71.3 Å². The Labute approximate surface area is 146 Å². The number of allylic oxidation sites excluding steroid dienone is 1. The van der Waals surface area contributed by atoms with Gasteiger partial charge in [-0.15, -0.1) is 0 Å². The van der Waals surface area contributed by atoms with Crippen LogP contribution in [0.3, 0.4) is 0 Å². The molecular formula is C21H34NO2+. The molecule has 3 unspecified atom stereocenters. The van der Waals surface area contributed by atoms with Gasteiger partial charge in [-0.2, -0.15) is 0 Å². The minimum absolute atomic E-state index is 0.111. The normalized spacial score (nSPS) is 47.6. The monoisotopic (exact) mass is 332 g/mol. The molecule has 4 rings (SSSR count). The molecule has 0 heterocycles. The smallest absolute Gasteiger partial charge is 0.299 e. The Hall–Kier alpha value is -0.670. The molecule has 0 radical (unpaired) electrons. The van der Waals surface area contributed by atoms with Gasteiger partial charge >= 0.3 is 0 Å². The van der Waals surface area contributed by atoms with Crippen molar-refractivity contribution in [1.29, 1.82) is 0 Å². The number of carbonyl (C=O) groups excluding carboxylic acids is 1. The molecule has 0 aromatic carbocycles. The second-order valence-corrected chi connectivity index (χ2v) is 9.20. The Morgan fingerprint density at radius 1 is 1.08 bits per heavy atom. The average Bonchev–Trinajstić information content (AvgIpc) is 2.88. The van der Waals surface area contributed by atoms with Gasteiger partial charge in [0.2, 0.25) is 0 Å². The van der Waals surface area contributed by atoms with Crippen LogP contribution in [-0.4, -0.2) is 29.8 Å². The zero-order valence-electron chi connectivity index (χ0n) is 15.4. The minimum atomic E-state index is 0.111. The average molecular weight is 333 g/mol. The molecule has 0 aromatic rings. The zero-order chi connectivity index (χ0) is 16.9. The summed E-state index contributed by atoms with van der Waals surface area (Å²) in [6.45, 7) is 6.14. The lowest BCUT2D eigenvalue weighted by atomic mass is 9.47. The highest BCUT2D eigenvalue weighted by Gasteiger charge is 2.61. The maximum atomic E-state index is 10.5. The van der Waals surface area contributed by atoms with Crippen LogP contribution in [0, 0.1) is 28.6 Å². The van der Waals surface area contributed by atoms with E-state index in [2.05, 4.69) is 19.9 Å². The molecule has 3 heteroatoms. The third-order valence-corrected chi connectivity index (χ3v) is 8.26. The van der Waals surface area contributed by atoms with Crippen molar-refractivity contribution < 1.29 is 9.53 Å². The van der Waals surface area contributed by atoms with Crippen molar-refractivity contribution in [3.63, 3.8) is 0 Å². The second-order valence-electron chi connectivity index (χ2n) is 9.20. The third-order valence-electron chi connectivity index (χ3n) is 8.26. The van der Waals surface area contributed by atoms with Gasteiger partial charge < -0.3 is 10.5 Å². The molecular weight excluding hydrogens is 298 g/mol. The van der Waals surface area contributed by atoms with E-state index in [9.17, 15) is 4.79 Å². The predicted molar refractivity (Wildman–Crippen MR) is 97.4 cm³/mol. The van der Waals surface area contributed by atoms with E-state index in [0.29, 0.717) is 24.5 Å². The van der Waals surface area contributed by atoms with E-state index in [4.69, 9.17) is 10.5 Å². The van der Waals surface area contributed by atoms with Crippen molar-refractivity contribution in [1.82, 2.24) is 0 Å². The summed E-state index contributed by atoms with van der Waals surface area (Å²) >= 11 is 0. The maximum absolute atomic E-state index is 10.5. The molecule has 3 nitrogen and oxygen atoms in total. The van der Waals surface area contributed by atoms with Crippen molar-refractivity contribution >= 4 is 5.78 Å². The van der Waals surface area contributed by atoms with Crippen LogP contribution in [0.25, 0.3) is 0 Å². The number of nitrogens with two attached hydrogens (primary N) is 1. The Morgan fingerprint density at radius 3 is 2.62 bits per heavy atom. The highest BCUT2D eigenvalue weighted by atomic mass is 16.5. The number of ether oxygens (including phenoxy) is 1. The van der Waals surface area contributed by atoms with E-state index < -0.39 is 0 Å². The second kappa shape index (κ2) is 5.95. The Bertz CT molecular complexity index is 556. The lowest BCUT2D eigenvalue weighted by Crippen LogP contribution is -2.50. The van der Waals surface area contributed by atoms with Gasteiger partial charge in [0, 0.05) is 6.54 Å². The van der Waals surface area contributed by atoms with Crippen molar-refractivity contribution in [2.24, 2.45) is 34.3 Å². The molecule has 4 aliphatic rings. The Kier molecular flexibility index (Phi) is 4.16. The van der Waals surface area contributed by atoms with E-state index in [-0.39, 0.29) is 11.5 Å². The molecule has 3 saturated carbocycles. The van der Waals surface area contributed by atoms with Gasteiger partial charge in [0.1, 0.15) is 0 Å². The molecule has 134 valence electrons. The van der Waals surface area contributed by atoms with E-state index >= 15 is 0 Å². The lowest BCUT2D eigenvalue weighted by molar-refractivity contribution is -0.0318. The summed E-state index contributed by atoms with van der Waals surface area (Å²) in [5, 5.41) is 0. The van der Waals surface area contributed by atoms with Gasteiger partial charge in [0.05, 0.1) is 24.5 Å². The molecule has 0 spiro atoms. The van der Waals surface area contributed by atoms with Gasteiger partial charge in [-0.3, -0.25) is 4.79 Å². The molecule has 0 aliphatic heterocycles. The number of fused-ring (bicyclic) bond motifs is 5. The standard InChI is InChI=1S/C21H33NO2/c1-20-9-7-15(24-12-11-22)13-14(20)3-4-16-17-5-6-19(23)21(17,2)10-8-18(16)20/h13,15-18H,3-12,22H2,1-2H3/p+1/t15-,16?,17?,18?,20-,21-/m0/s1. The first-order valence-corrected chi connectivity index (χ1v) is 10.1. The van der Waals surface area contributed by atoms with Crippen LogP contribution < -0.4 is 5.73 Å². The minimum Gasteiger partial charge on any atom is -0.373 e. The van der Waals surface area contributed by atoms with Gasteiger partial charge in [-0.1, -0.05) is 18.6 Å². The summed E-state index contributed by atoms with van der Waals surface area (Å²) in [6, 6.07) is 0. The van der Waals surface area contributed by atoms with E-state index in [1.165, 1.54) is 38.5 Å². The van der Waals surface area contributed by atoms with Crippen molar-refractivity contribution in [3.05, 3.63) is 11.6 Å². The van der Waals surface area contributed by atoms with Crippen LogP contribution in [0.4, 0.5) is 0 Å². The predicted octanol–water partition coefficient (Wildman–Crippen LogP) is 3.84.